The van der Waals surface area contributed by atoms with E-state index in [1.165, 1.54) is 0 Å². The van der Waals surface area contributed by atoms with Crippen LogP contribution in [0.3, 0.4) is 0 Å². The molecule has 0 aliphatic heterocycles. The summed E-state index contributed by atoms with van der Waals surface area (Å²) >= 11 is 0. The minimum absolute atomic E-state index is 0.0933. The van der Waals surface area contributed by atoms with Crippen LogP contribution >= 0.6 is 0 Å². The minimum Gasteiger partial charge on any atom is -0.493 e. The third kappa shape index (κ3) is 5.61. The summed E-state index contributed by atoms with van der Waals surface area (Å²) in [6.07, 6.45) is 2.55. The van der Waals surface area contributed by atoms with E-state index in [9.17, 15) is 9.59 Å². The average molecular weight is 382 g/mol. The van der Waals surface area contributed by atoms with Gasteiger partial charge in [-0.2, -0.15) is 0 Å². The van der Waals surface area contributed by atoms with Crippen molar-refractivity contribution in [2.75, 3.05) is 27.8 Å². The first-order valence-corrected chi connectivity index (χ1v) is 8.94. The van der Waals surface area contributed by atoms with Crippen molar-refractivity contribution >= 4 is 11.8 Å². The third-order valence-electron chi connectivity index (χ3n) is 4.25. The monoisotopic (exact) mass is 382 g/mol. The summed E-state index contributed by atoms with van der Waals surface area (Å²) in [5.41, 5.74) is 2.56. The van der Waals surface area contributed by atoms with Gasteiger partial charge in [-0.1, -0.05) is 24.3 Å². The average Bonchev–Trinajstić information content (AvgIpc) is 2.72. The Morgan fingerprint density at radius 3 is 2.39 bits per heavy atom. The van der Waals surface area contributed by atoms with Gasteiger partial charge in [-0.25, -0.2) is 0 Å². The molecule has 0 bridgehead atoms. The van der Waals surface area contributed by atoms with Crippen LogP contribution in [0.1, 0.15) is 21.5 Å². The molecular weight excluding hydrogens is 356 g/mol. The standard InChI is InChI=1S/C22H26N2O4/c1-5-6-16-9-12-19(20(13-16)27-4)28-15-21(25)24(3)14-17-7-10-18(11-8-17)22(26)23-2/h5,7-13H,1,6,14-15H2,2-4H3,(H,23,26). The second kappa shape index (κ2) is 10.2. The fraction of sp³-hybridized carbons (Fsp3) is 0.273. The van der Waals surface area contributed by atoms with E-state index in [-0.39, 0.29) is 18.4 Å². The molecule has 0 spiro atoms. The van der Waals surface area contributed by atoms with Crippen molar-refractivity contribution in [3.05, 3.63) is 71.8 Å². The molecule has 6 nitrogen and oxygen atoms in total. The fourth-order valence-electron chi connectivity index (χ4n) is 2.64. The van der Waals surface area contributed by atoms with Crippen molar-refractivity contribution in [3.63, 3.8) is 0 Å². The molecule has 0 aromatic heterocycles. The summed E-state index contributed by atoms with van der Waals surface area (Å²) in [5, 5.41) is 2.58. The number of ether oxygens (including phenoxy) is 2. The Kier molecular flexibility index (Phi) is 7.63. The molecule has 0 aliphatic rings. The van der Waals surface area contributed by atoms with E-state index in [1.54, 1.807) is 44.3 Å². The third-order valence-corrected chi connectivity index (χ3v) is 4.25. The van der Waals surface area contributed by atoms with Crippen molar-refractivity contribution in [3.8, 4) is 11.5 Å². The predicted molar refractivity (Wildman–Crippen MR) is 109 cm³/mol. The molecule has 0 heterocycles. The molecule has 28 heavy (non-hydrogen) atoms. The Balaban J connectivity index is 1.93. The highest BCUT2D eigenvalue weighted by molar-refractivity contribution is 5.93. The van der Waals surface area contributed by atoms with E-state index >= 15 is 0 Å². The summed E-state index contributed by atoms with van der Waals surface area (Å²) in [6.45, 7) is 4.05. The molecule has 2 amide bonds. The van der Waals surface area contributed by atoms with Crippen LogP contribution in [0.25, 0.3) is 0 Å². The quantitative estimate of drug-likeness (QED) is 0.677. The molecule has 148 valence electrons. The first kappa shape index (κ1) is 21.0. The fourth-order valence-corrected chi connectivity index (χ4v) is 2.64. The molecule has 0 saturated heterocycles. The lowest BCUT2D eigenvalue weighted by Gasteiger charge is -2.18. The van der Waals surface area contributed by atoms with Gasteiger partial charge in [-0.05, 0) is 41.8 Å². The van der Waals surface area contributed by atoms with Crippen molar-refractivity contribution in [2.24, 2.45) is 0 Å². The molecule has 0 fully saturated rings. The smallest absolute Gasteiger partial charge is 0.260 e. The number of carbonyl (C=O) groups excluding carboxylic acids is 2. The molecule has 0 radical (unpaired) electrons. The normalized spacial score (nSPS) is 10.1. The Morgan fingerprint density at radius 2 is 1.79 bits per heavy atom. The number of benzene rings is 2. The molecule has 1 N–H and O–H groups in total. The minimum atomic E-state index is -0.160. The molecular formula is C22H26N2O4. The van der Waals surface area contributed by atoms with Crippen molar-refractivity contribution in [1.82, 2.24) is 10.2 Å². The van der Waals surface area contributed by atoms with Crippen molar-refractivity contribution in [1.29, 1.82) is 0 Å². The number of rotatable bonds is 9. The summed E-state index contributed by atoms with van der Waals surface area (Å²) in [4.78, 5) is 25.5. The van der Waals surface area contributed by atoms with Gasteiger partial charge in [-0.15, -0.1) is 6.58 Å². The number of carbonyl (C=O) groups is 2. The van der Waals surface area contributed by atoms with Gasteiger partial charge < -0.3 is 19.7 Å². The number of methoxy groups -OCH3 is 1. The maximum Gasteiger partial charge on any atom is 0.260 e. The maximum absolute atomic E-state index is 12.4. The SMILES string of the molecule is C=CCc1ccc(OCC(=O)N(C)Cc2ccc(C(=O)NC)cc2)c(OC)c1. The van der Waals surface area contributed by atoms with Crippen LogP contribution in [-0.2, 0) is 17.8 Å². The lowest BCUT2D eigenvalue weighted by atomic mass is 10.1. The van der Waals surface area contributed by atoms with E-state index in [2.05, 4.69) is 11.9 Å². The van der Waals surface area contributed by atoms with Gasteiger partial charge in [-0.3, -0.25) is 9.59 Å². The number of likely N-dealkylation sites (N-methyl/N-ethyl adjacent to an activating group) is 1. The number of hydrogen-bond acceptors (Lipinski definition) is 4. The molecule has 0 saturated carbocycles. The summed E-state index contributed by atoms with van der Waals surface area (Å²) in [7, 11) is 4.86. The number of nitrogens with one attached hydrogen (secondary N) is 1. The highest BCUT2D eigenvalue weighted by Crippen LogP contribution is 2.28. The molecule has 0 unspecified atom stereocenters. The zero-order valence-electron chi connectivity index (χ0n) is 16.5. The maximum atomic E-state index is 12.4. The highest BCUT2D eigenvalue weighted by Gasteiger charge is 2.13. The van der Waals surface area contributed by atoms with E-state index < -0.39 is 0 Å². The Hall–Kier alpha value is -3.28. The van der Waals surface area contributed by atoms with Crippen LogP contribution < -0.4 is 14.8 Å². The van der Waals surface area contributed by atoms with Gasteiger partial charge >= 0.3 is 0 Å². The second-order valence-corrected chi connectivity index (χ2v) is 6.29. The number of nitrogens with zero attached hydrogens (tertiary/aromatic N) is 1. The first-order valence-electron chi connectivity index (χ1n) is 8.94. The van der Waals surface area contributed by atoms with Gasteiger partial charge in [0.25, 0.3) is 11.8 Å². The lowest BCUT2D eigenvalue weighted by molar-refractivity contribution is -0.132. The van der Waals surface area contributed by atoms with Crippen LogP contribution in [0.2, 0.25) is 0 Å². The molecule has 2 aromatic carbocycles. The van der Waals surface area contributed by atoms with Gasteiger partial charge in [0, 0.05) is 26.2 Å². The van der Waals surface area contributed by atoms with Crippen LogP contribution in [0.4, 0.5) is 0 Å². The van der Waals surface area contributed by atoms with Crippen molar-refractivity contribution < 1.29 is 19.1 Å². The Morgan fingerprint density at radius 1 is 1.11 bits per heavy atom. The lowest BCUT2D eigenvalue weighted by Crippen LogP contribution is -2.31. The van der Waals surface area contributed by atoms with Gasteiger partial charge in [0.05, 0.1) is 7.11 Å². The topological polar surface area (TPSA) is 67.9 Å². The Labute approximate surface area is 165 Å². The predicted octanol–water partition coefficient (Wildman–Crippen LogP) is 2.82. The summed E-state index contributed by atoms with van der Waals surface area (Å²) in [6, 6.07) is 12.7. The molecule has 0 aliphatic carbocycles. The number of allylic oxidation sites excluding steroid dienone is 1. The molecule has 6 heteroatoms. The largest absolute Gasteiger partial charge is 0.493 e. The summed E-state index contributed by atoms with van der Waals surface area (Å²) < 4.78 is 11.0. The molecule has 0 atom stereocenters. The molecule has 2 aromatic rings. The van der Waals surface area contributed by atoms with Crippen LogP contribution in [0.5, 0.6) is 11.5 Å². The van der Waals surface area contributed by atoms with E-state index in [0.29, 0.717) is 23.6 Å². The highest BCUT2D eigenvalue weighted by atomic mass is 16.5. The first-order chi connectivity index (χ1) is 13.5. The number of amides is 2. The zero-order valence-corrected chi connectivity index (χ0v) is 16.5. The van der Waals surface area contributed by atoms with E-state index in [0.717, 1.165) is 17.5 Å². The second-order valence-electron chi connectivity index (χ2n) is 6.29. The van der Waals surface area contributed by atoms with Crippen LogP contribution in [-0.4, -0.2) is 44.5 Å². The van der Waals surface area contributed by atoms with E-state index in [1.807, 2.05) is 30.3 Å². The van der Waals surface area contributed by atoms with Gasteiger partial charge in [0.2, 0.25) is 0 Å². The van der Waals surface area contributed by atoms with Gasteiger partial charge in [0.15, 0.2) is 18.1 Å². The molecule has 2 rings (SSSR count). The van der Waals surface area contributed by atoms with Gasteiger partial charge in [0.1, 0.15) is 0 Å². The number of hydrogen-bond donors (Lipinski definition) is 1. The van der Waals surface area contributed by atoms with Crippen molar-refractivity contribution in [2.45, 2.75) is 13.0 Å². The summed E-state index contributed by atoms with van der Waals surface area (Å²) in [5.74, 6) is 0.802. The van der Waals surface area contributed by atoms with E-state index in [4.69, 9.17) is 9.47 Å². The Bertz CT molecular complexity index is 831. The van der Waals surface area contributed by atoms with Crippen LogP contribution in [0.15, 0.2) is 55.1 Å². The zero-order chi connectivity index (χ0) is 20.5. The van der Waals surface area contributed by atoms with Crippen LogP contribution in [0, 0.1) is 0 Å².